The molecule has 1 saturated carbocycles. The van der Waals surface area contributed by atoms with Crippen molar-refractivity contribution < 1.29 is 5.11 Å². The molecule has 0 amide bonds. The van der Waals surface area contributed by atoms with Gasteiger partial charge < -0.3 is 10.8 Å². The van der Waals surface area contributed by atoms with Gasteiger partial charge in [0.05, 0.1) is 12.3 Å². The van der Waals surface area contributed by atoms with Crippen LogP contribution < -0.4 is 5.73 Å². The van der Waals surface area contributed by atoms with Crippen LogP contribution in [0.1, 0.15) is 30.5 Å². The van der Waals surface area contributed by atoms with Gasteiger partial charge in [0.1, 0.15) is 5.15 Å². The monoisotopic (exact) mass is 271 g/mol. The highest BCUT2D eigenvalue weighted by Crippen LogP contribution is 2.42. The van der Waals surface area contributed by atoms with E-state index in [4.69, 9.17) is 17.3 Å². The van der Waals surface area contributed by atoms with Crippen LogP contribution in [0.25, 0.3) is 0 Å². The van der Waals surface area contributed by atoms with Crippen molar-refractivity contribution in [2.45, 2.75) is 32.6 Å². The molecule has 0 radical (unpaired) electrons. The molecule has 1 fully saturated rings. The van der Waals surface area contributed by atoms with E-state index in [2.05, 4.69) is 5.10 Å². The molecule has 1 atom stereocenters. The maximum absolute atomic E-state index is 9.75. The predicted octanol–water partition coefficient (Wildman–Crippen LogP) is 1.66. The molecule has 2 rings (SSSR count). The number of aryl methyl sites for hydroxylation is 2. The highest BCUT2D eigenvalue weighted by atomic mass is 35.5. The largest absolute Gasteiger partial charge is 0.396 e. The van der Waals surface area contributed by atoms with Gasteiger partial charge in [-0.25, -0.2) is 0 Å². The first kappa shape index (κ1) is 13.8. The Bertz CT molecular complexity index is 422. The van der Waals surface area contributed by atoms with Crippen LogP contribution in [0, 0.1) is 18.3 Å². The fraction of sp³-hybridized carbons (Fsp3) is 0.769. The Morgan fingerprint density at radius 2 is 2.22 bits per heavy atom. The standard InChI is InChI=1S/C13H22ClN3O/c1-9-11(12(14)17(2)16-9)6-13(7-15,8-18)5-10-3-4-10/h10,18H,3-8,15H2,1-2H3. The molecule has 0 spiro atoms. The van der Waals surface area contributed by atoms with Crippen LogP contribution in [0.3, 0.4) is 0 Å². The van der Waals surface area contributed by atoms with E-state index in [1.54, 1.807) is 4.68 Å². The topological polar surface area (TPSA) is 64.1 Å². The molecular weight excluding hydrogens is 250 g/mol. The number of aliphatic hydroxyl groups is 1. The van der Waals surface area contributed by atoms with E-state index < -0.39 is 0 Å². The molecule has 1 aliphatic carbocycles. The van der Waals surface area contributed by atoms with Crippen LogP contribution in [-0.2, 0) is 13.5 Å². The molecule has 0 aliphatic heterocycles. The molecule has 3 N–H and O–H groups in total. The Kier molecular flexibility index (Phi) is 3.99. The Hall–Kier alpha value is -0.580. The maximum atomic E-state index is 9.75. The van der Waals surface area contributed by atoms with Gasteiger partial charge in [-0.15, -0.1) is 0 Å². The lowest BCUT2D eigenvalue weighted by atomic mass is 9.78. The number of nitrogens with two attached hydrogens (primary N) is 1. The van der Waals surface area contributed by atoms with Crippen molar-refractivity contribution in [2.24, 2.45) is 24.1 Å². The molecule has 102 valence electrons. The summed E-state index contributed by atoms with van der Waals surface area (Å²) in [5.74, 6) is 0.733. The summed E-state index contributed by atoms with van der Waals surface area (Å²) in [6.45, 7) is 2.56. The Morgan fingerprint density at radius 1 is 1.56 bits per heavy atom. The average molecular weight is 272 g/mol. The third kappa shape index (κ3) is 2.71. The number of halogens is 1. The number of hydrogen-bond acceptors (Lipinski definition) is 3. The summed E-state index contributed by atoms with van der Waals surface area (Å²) in [6.07, 6.45) is 4.24. The minimum Gasteiger partial charge on any atom is -0.396 e. The average Bonchev–Trinajstić information content (AvgIpc) is 3.13. The van der Waals surface area contributed by atoms with E-state index in [-0.39, 0.29) is 12.0 Å². The molecule has 4 nitrogen and oxygen atoms in total. The molecule has 0 bridgehead atoms. The van der Waals surface area contributed by atoms with E-state index in [1.165, 1.54) is 12.8 Å². The van der Waals surface area contributed by atoms with Crippen LogP contribution in [0.5, 0.6) is 0 Å². The van der Waals surface area contributed by atoms with Crippen molar-refractivity contribution in [3.05, 3.63) is 16.4 Å². The summed E-state index contributed by atoms with van der Waals surface area (Å²) in [7, 11) is 1.84. The molecule has 18 heavy (non-hydrogen) atoms. The zero-order valence-corrected chi connectivity index (χ0v) is 11.9. The third-order valence-corrected chi connectivity index (χ3v) is 4.48. The SMILES string of the molecule is Cc1nn(C)c(Cl)c1CC(CN)(CO)CC1CC1. The minimum atomic E-state index is -0.238. The van der Waals surface area contributed by atoms with Gasteiger partial charge in [-0.3, -0.25) is 4.68 Å². The number of hydrogen-bond donors (Lipinski definition) is 2. The quantitative estimate of drug-likeness (QED) is 0.827. The minimum absolute atomic E-state index is 0.116. The zero-order valence-electron chi connectivity index (χ0n) is 11.1. The van der Waals surface area contributed by atoms with E-state index >= 15 is 0 Å². The highest BCUT2D eigenvalue weighted by Gasteiger charge is 2.37. The second-order valence-electron chi connectivity index (χ2n) is 5.66. The number of nitrogens with zero attached hydrogens (tertiary/aromatic N) is 2. The second-order valence-corrected chi connectivity index (χ2v) is 6.02. The molecule has 0 saturated heterocycles. The van der Waals surface area contributed by atoms with Crippen molar-refractivity contribution in [1.82, 2.24) is 9.78 Å². The van der Waals surface area contributed by atoms with Crippen LogP contribution in [0.15, 0.2) is 0 Å². The second kappa shape index (κ2) is 5.19. The number of aromatic nitrogens is 2. The summed E-state index contributed by atoms with van der Waals surface area (Å²) in [6, 6.07) is 0. The molecular formula is C13H22ClN3O. The van der Waals surface area contributed by atoms with Crippen LogP contribution in [0.2, 0.25) is 5.15 Å². The first-order valence-electron chi connectivity index (χ1n) is 6.50. The van der Waals surface area contributed by atoms with E-state index in [1.807, 2.05) is 14.0 Å². The fourth-order valence-electron chi connectivity index (χ4n) is 2.60. The van der Waals surface area contributed by atoms with Gasteiger partial charge in [0.15, 0.2) is 0 Å². The van der Waals surface area contributed by atoms with Gasteiger partial charge in [-0.1, -0.05) is 24.4 Å². The maximum Gasteiger partial charge on any atom is 0.130 e. The first-order valence-corrected chi connectivity index (χ1v) is 6.88. The van der Waals surface area contributed by atoms with Crippen molar-refractivity contribution in [3.8, 4) is 0 Å². The van der Waals surface area contributed by atoms with Crippen LogP contribution in [0.4, 0.5) is 0 Å². The van der Waals surface area contributed by atoms with Gasteiger partial charge in [-0.05, 0) is 25.7 Å². The van der Waals surface area contributed by atoms with Crippen LogP contribution in [-0.4, -0.2) is 28.0 Å². The summed E-state index contributed by atoms with van der Waals surface area (Å²) in [5, 5.41) is 14.7. The van der Waals surface area contributed by atoms with Gasteiger partial charge >= 0.3 is 0 Å². The van der Waals surface area contributed by atoms with Gasteiger partial charge in [0.25, 0.3) is 0 Å². The smallest absolute Gasteiger partial charge is 0.130 e. The van der Waals surface area contributed by atoms with E-state index in [9.17, 15) is 5.11 Å². The summed E-state index contributed by atoms with van der Waals surface area (Å²) in [5.41, 5.74) is 7.64. The number of rotatable bonds is 6. The Morgan fingerprint density at radius 3 is 2.61 bits per heavy atom. The van der Waals surface area contributed by atoms with Gasteiger partial charge in [0.2, 0.25) is 0 Å². The lowest BCUT2D eigenvalue weighted by Gasteiger charge is -2.30. The summed E-state index contributed by atoms with van der Waals surface area (Å²) in [4.78, 5) is 0. The molecule has 1 aromatic rings. The molecule has 1 heterocycles. The first-order chi connectivity index (χ1) is 8.51. The normalized spacial score (nSPS) is 18.9. The molecule has 1 aliphatic rings. The third-order valence-electron chi connectivity index (χ3n) is 4.01. The zero-order chi connectivity index (χ0) is 13.3. The van der Waals surface area contributed by atoms with E-state index in [0.717, 1.165) is 30.0 Å². The van der Waals surface area contributed by atoms with Crippen molar-refractivity contribution in [3.63, 3.8) is 0 Å². The Balaban J connectivity index is 2.21. The highest BCUT2D eigenvalue weighted by molar-refractivity contribution is 6.30. The molecule has 5 heteroatoms. The van der Waals surface area contributed by atoms with Crippen molar-refractivity contribution in [1.29, 1.82) is 0 Å². The molecule has 0 aromatic carbocycles. The van der Waals surface area contributed by atoms with Crippen molar-refractivity contribution >= 4 is 11.6 Å². The molecule has 1 unspecified atom stereocenters. The summed E-state index contributed by atoms with van der Waals surface area (Å²) < 4.78 is 1.68. The van der Waals surface area contributed by atoms with Gasteiger partial charge in [0, 0.05) is 24.6 Å². The summed E-state index contributed by atoms with van der Waals surface area (Å²) >= 11 is 6.26. The van der Waals surface area contributed by atoms with E-state index in [0.29, 0.717) is 11.7 Å². The Labute approximate surface area is 113 Å². The lowest BCUT2D eigenvalue weighted by Crippen LogP contribution is -2.37. The molecule has 1 aromatic heterocycles. The van der Waals surface area contributed by atoms with Gasteiger partial charge in [-0.2, -0.15) is 5.10 Å². The predicted molar refractivity (Wildman–Crippen MR) is 72.6 cm³/mol. The lowest BCUT2D eigenvalue weighted by molar-refractivity contribution is 0.115. The van der Waals surface area contributed by atoms with Crippen molar-refractivity contribution in [2.75, 3.05) is 13.2 Å². The number of aliphatic hydroxyl groups excluding tert-OH is 1. The van der Waals surface area contributed by atoms with Crippen LogP contribution >= 0.6 is 11.6 Å². The fourth-order valence-corrected chi connectivity index (χ4v) is 2.84.